The summed E-state index contributed by atoms with van der Waals surface area (Å²) in [6.45, 7) is 3.20. The maximum atomic E-state index is 13.3. The lowest BCUT2D eigenvalue weighted by Gasteiger charge is -2.07. The molecule has 2 aromatic carbocycles. The molecule has 4 aromatic rings. The van der Waals surface area contributed by atoms with E-state index < -0.39 is 9.84 Å². The van der Waals surface area contributed by atoms with Crippen LogP contribution in [0.1, 0.15) is 12.0 Å². The molecule has 7 nitrogen and oxygen atoms in total. The number of imidazole rings is 1. The number of hydrogen-bond donors (Lipinski definition) is 1. The molecule has 0 aliphatic carbocycles. The second-order valence-corrected chi connectivity index (χ2v) is 9.79. The molecule has 0 unspecified atom stereocenters. The van der Waals surface area contributed by atoms with Gasteiger partial charge in [-0.05, 0) is 49.2 Å². The molecule has 0 saturated heterocycles. The molecule has 31 heavy (non-hydrogen) atoms. The minimum Gasteiger partial charge on any atom is -0.419 e. The molecule has 1 N–H and O–H groups in total. The highest BCUT2D eigenvalue weighted by Crippen LogP contribution is 2.33. The standard InChI is InChI=1S/C22H21BrN4O3S/c1-16-5-2-3-6-19(16)20-26-22(31(28,29)18-9-7-17(23)8-10-18)21(30-20)25-11-4-13-27-14-12-24-15-27/h2-3,5-10,12,14-15,25H,4,11,13H2,1H3. The van der Waals surface area contributed by atoms with Gasteiger partial charge in [-0.15, -0.1) is 0 Å². The minimum absolute atomic E-state index is 0.115. The van der Waals surface area contributed by atoms with Gasteiger partial charge in [0.05, 0.1) is 11.2 Å². The number of sulfone groups is 1. The zero-order valence-corrected chi connectivity index (χ0v) is 19.2. The molecule has 0 atom stereocenters. The Hall–Kier alpha value is -2.91. The number of aromatic nitrogens is 3. The van der Waals surface area contributed by atoms with E-state index in [9.17, 15) is 8.42 Å². The summed E-state index contributed by atoms with van der Waals surface area (Å²) < 4.78 is 35.3. The van der Waals surface area contributed by atoms with Gasteiger partial charge in [-0.25, -0.2) is 13.4 Å². The Labute approximate surface area is 189 Å². The number of aryl methyl sites for hydroxylation is 2. The predicted octanol–water partition coefficient (Wildman–Crippen LogP) is 4.94. The summed E-state index contributed by atoms with van der Waals surface area (Å²) in [5.41, 5.74) is 1.70. The average Bonchev–Trinajstić information content (AvgIpc) is 3.42. The fourth-order valence-corrected chi connectivity index (χ4v) is 4.68. The molecule has 0 amide bonds. The Morgan fingerprint density at radius 1 is 1.13 bits per heavy atom. The zero-order valence-electron chi connectivity index (χ0n) is 16.8. The van der Waals surface area contributed by atoms with E-state index >= 15 is 0 Å². The molecule has 9 heteroatoms. The number of halogens is 1. The highest BCUT2D eigenvalue weighted by molar-refractivity contribution is 9.10. The fraction of sp³-hybridized carbons (Fsp3) is 0.182. The summed E-state index contributed by atoms with van der Waals surface area (Å²) in [7, 11) is -3.87. The van der Waals surface area contributed by atoms with E-state index in [4.69, 9.17) is 4.42 Å². The van der Waals surface area contributed by atoms with Gasteiger partial charge in [-0.2, -0.15) is 4.98 Å². The number of rotatable bonds is 8. The summed E-state index contributed by atoms with van der Waals surface area (Å²) in [5, 5.41) is 3.01. The van der Waals surface area contributed by atoms with Gasteiger partial charge in [0.2, 0.25) is 26.6 Å². The van der Waals surface area contributed by atoms with E-state index in [-0.39, 0.29) is 21.7 Å². The van der Waals surface area contributed by atoms with Crippen LogP contribution in [0, 0.1) is 6.92 Å². The third-order valence-electron chi connectivity index (χ3n) is 4.79. The highest BCUT2D eigenvalue weighted by atomic mass is 79.9. The molecule has 0 saturated carbocycles. The average molecular weight is 501 g/mol. The van der Waals surface area contributed by atoms with Crippen molar-refractivity contribution >= 4 is 31.7 Å². The Kier molecular flexibility index (Phi) is 6.24. The van der Waals surface area contributed by atoms with Crippen molar-refractivity contribution in [1.82, 2.24) is 14.5 Å². The molecular formula is C22H21BrN4O3S. The molecule has 0 bridgehead atoms. The number of nitrogens with one attached hydrogen (secondary N) is 1. The molecule has 0 spiro atoms. The lowest BCUT2D eigenvalue weighted by molar-refractivity contribution is 0.571. The van der Waals surface area contributed by atoms with E-state index in [1.807, 2.05) is 42.0 Å². The quantitative estimate of drug-likeness (QED) is 0.344. The molecule has 0 aliphatic heterocycles. The Morgan fingerprint density at radius 2 is 1.90 bits per heavy atom. The molecule has 160 valence electrons. The van der Waals surface area contributed by atoms with E-state index in [0.29, 0.717) is 6.54 Å². The highest BCUT2D eigenvalue weighted by Gasteiger charge is 2.28. The van der Waals surface area contributed by atoms with Crippen molar-refractivity contribution in [1.29, 1.82) is 0 Å². The van der Waals surface area contributed by atoms with E-state index in [0.717, 1.165) is 28.6 Å². The van der Waals surface area contributed by atoms with Crippen LogP contribution in [0.5, 0.6) is 0 Å². The van der Waals surface area contributed by atoms with Gasteiger partial charge in [-0.1, -0.05) is 34.1 Å². The number of hydrogen-bond acceptors (Lipinski definition) is 6. The molecule has 4 rings (SSSR count). The van der Waals surface area contributed by atoms with Crippen LogP contribution < -0.4 is 5.32 Å². The topological polar surface area (TPSA) is 90.0 Å². The second-order valence-electron chi connectivity index (χ2n) is 7.01. The van der Waals surface area contributed by atoms with Gasteiger partial charge < -0.3 is 14.3 Å². The van der Waals surface area contributed by atoms with Gasteiger partial charge in [-0.3, -0.25) is 0 Å². The summed E-state index contributed by atoms with van der Waals surface area (Å²) in [6.07, 6.45) is 6.11. The number of nitrogens with zero attached hydrogens (tertiary/aromatic N) is 3. The smallest absolute Gasteiger partial charge is 0.233 e. The largest absolute Gasteiger partial charge is 0.419 e. The first-order valence-corrected chi connectivity index (χ1v) is 12.0. The third-order valence-corrected chi connectivity index (χ3v) is 7.00. The zero-order chi connectivity index (χ0) is 21.8. The monoisotopic (exact) mass is 500 g/mol. The fourth-order valence-electron chi connectivity index (χ4n) is 3.14. The van der Waals surface area contributed by atoms with Crippen LogP contribution in [0.3, 0.4) is 0 Å². The van der Waals surface area contributed by atoms with Crippen LogP contribution in [0.25, 0.3) is 11.5 Å². The normalized spacial score (nSPS) is 11.5. The Balaban J connectivity index is 1.66. The van der Waals surface area contributed by atoms with Crippen molar-refractivity contribution in [2.45, 2.75) is 29.8 Å². The summed E-state index contributed by atoms with van der Waals surface area (Å²) in [6, 6.07) is 14.0. The SMILES string of the molecule is Cc1ccccc1-c1nc(S(=O)(=O)c2ccc(Br)cc2)c(NCCCn2ccnc2)o1. The van der Waals surface area contributed by atoms with Crippen LogP contribution in [0.15, 0.2) is 86.1 Å². The van der Waals surface area contributed by atoms with Crippen molar-refractivity contribution in [3.05, 3.63) is 77.3 Å². The van der Waals surface area contributed by atoms with E-state index in [2.05, 4.69) is 31.2 Å². The summed E-state index contributed by atoms with van der Waals surface area (Å²) >= 11 is 3.34. The maximum Gasteiger partial charge on any atom is 0.233 e. The summed E-state index contributed by atoms with van der Waals surface area (Å²) in [5.74, 6) is 0.415. The van der Waals surface area contributed by atoms with Gasteiger partial charge in [0, 0.05) is 35.5 Å². The molecular weight excluding hydrogens is 480 g/mol. The van der Waals surface area contributed by atoms with Crippen LogP contribution >= 0.6 is 15.9 Å². The van der Waals surface area contributed by atoms with Gasteiger partial charge in [0.15, 0.2) is 0 Å². The first-order valence-electron chi connectivity index (χ1n) is 9.72. The minimum atomic E-state index is -3.87. The molecule has 2 aromatic heterocycles. The van der Waals surface area contributed by atoms with Crippen molar-refractivity contribution in [3.63, 3.8) is 0 Å². The Morgan fingerprint density at radius 3 is 2.61 bits per heavy atom. The van der Waals surface area contributed by atoms with Crippen molar-refractivity contribution in [2.24, 2.45) is 0 Å². The van der Waals surface area contributed by atoms with Crippen LogP contribution in [0.4, 0.5) is 5.88 Å². The van der Waals surface area contributed by atoms with Crippen LogP contribution in [-0.4, -0.2) is 29.5 Å². The van der Waals surface area contributed by atoms with Gasteiger partial charge in [0.25, 0.3) is 0 Å². The molecule has 0 aliphatic rings. The molecule has 2 heterocycles. The lowest BCUT2D eigenvalue weighted by Crippen LogP contribution is -2.10. The number of benzene rings is 2. The van der Waals surface area contributed by atoms with Crippen molar-refractivity contribution in [3.8, 4) is 11.5 Å². The van der Waals surface area contributed by atoms with Crippen molar-refractivity contribution < 1.29 is 12.8 Å². The summed E-state index contributed by atoms with van der Waals surface area (Å²) in [4.78, 5) is 8.57. The Bertz CT molecular complexity index is 1270. The van der Waals surface area contributed by atoms with E-state index in [1.165, 1.54) is 0 Å². The lowest BCUT2D eigenvalue weighted by atomic mass is 10.1. The van der Waals surface area contributed by atoms with Gasteiger partial charge in [0.1, 0.15) is 0 Å². The molecule has 0 radical (unpaired) electrons. The third kappa shape index (κ3) is 4.72. The van der Waals surface area contributed by atoms with Crippen molar-refractivity contribution in [2.75, 3.05) is 11.9 Å². The predicted molar refractivity (Wildman–Crippen MR) is 122 cm³/mol. The van der Waals surface area contributed by atoms with Crippen LogP contribution in [-0.2, 0) is 16.4 Å². The molecule has 0 fully saturated rings. The maximum absolute atomic E-state index is 13.3. The number of anilines is 1. The first kappa shape index (κ1) is 21.3. The van der Waals surface area contributed by atoms with E-state index in [1.54, 1.807) is 36.8 Å². The van der Waals surface area contributed by atoms with Crippen LogP contribution in [0.2, 0.25) is 0 Å². The second kappa shape index (κ2) is 9.07. The number of oxazole rings is 1. The van der Waals surface area contributed by atoms with Gasteiger partial charge >= 0.3 is 0 Å². The first-order chi connectivity index (χ1) is 14.9.